The highest BCUT2D eigenvalue weighted by molar-refractivity contribution is 5.16. The van der Waals surface area contributed by atoms with Crippen LogP contribution in [0.5, 0.6) is 0 Å². The standard InChI is InChI=1S/C11H17N3/c1-9(2)11(13-3)10-4-6-14(8-10)7-5-12/h4,6,8-9,11,13H,7H2,1-3H3. The molecule has 1 atom stereocenters. The predicted octanol–water partition coefficient (Wildman–Crippen LogP) is 1.93. The van der Waals surface area contributed by atoms with Gasteiger partial charge >= 0.3 is 0 Å². The maximum Gasteiger partial charge on any atom is 0.109 e. The summed E-state index contributed by atoms with van der Waals surface area (Å²) in [6, 6.07) is 4.56. The first-order valence-corrected chi connectivity index (χ1v) is 4.89. The lowest BCUT2D eigenvalue weighted by Crippen LogP contribution is -2.21. The van der Waals surface area contributed by atoms with Gasteiger partial charge in [0.05, 0.1) is 6.07 Å². The molecule has 1 aromatic heterocycles. The summed E-state index contributed by atoms with van der Waals surface area (Å²) in [6.07, 6.45) is 3.98. The summed E-state index contributed by atoms with van der Waals surface area (Å²) in [5, 5.41) is 11.8. The SMILES string of the molecule is CNC(c1ccn(CC#N)c1)C(C)C. The number of nitrogens with zero attached hydrogens (tertiary/aromatic N) is 2. The van der Waals surface area contributed by atoms with E-state index in [0.29, 0.717) is 18.5 Å². The van der Waals surface area contributed by atoms with Gasteiger partial charge in [-0.05, 0) is 24.6 Å². The van der Waals surface area contributed by atoms with E-state index in [2.05, 4.69) is 31.3 Å². The number of nitriles is 1. The molecule has 0 saturated carbocycles. The van der Waals surface area contributed by atoms with E-state index in [4.69, 9.17) is 5.26 Å². The normalized spacial score (nSPS) is 12.8. The fraction of sp³-hybridized carbons (Fsp3) is 0.545. The van der Waals surface area contributed by atoms with Gasteiger partial charge in [-0.15, -0.1) is 0 Å². The minimum absolute atomic E-state index is 0.370. The van der Waals surface area contributed by atoms with E-state index in [-0.39, 0.29) is 0 Å². The Kier molecular flexibility index (Phi) is 3.73. The van der Waals surface area contributed by atoms with Crippen molar-refractivity contribution in [1.82, 2.24) is 9.88 Å². The Balaban J connectivity index is 2.79. The van der Waals surface area contributed by atoms with E-state index in [1.54, 1.807) is 0 Å². The van der Waals surface area contributed by atoms with Crippen LogP contribution >= 0.6 is 0 Å². The van der Waals surface area contributed by atoms with Gasteiger partial charge in [0.25, 0.3) is 0 Å². The van der Waals surface area contributed by atoms with Crippen molar-refractivity contribution in [2.24, 2.45) is 5.92 Å². The van der Waals surface area contributed by atoms with Gasteiger partial charge in [-0.25, -0.2) is 0 Å². The van der Waals surface area contributed by atoms with Gasteiger partial charge in [0, 0.05) is 18.4 Å². The Morgan fingerprint density at radius 1 is 1.57 bits per heavy atom. The first-order chi connectivity index (χ1) is 6.69. The van der Waals surface area contributed by atoms with Gasteiger partial charge in [-0.2, -0.15) is 5.26 Å². The van der Waals surface area contributed by atoms with Crippen LogP contribution in [-0.2, 0) is 6.54 Å². The minimum Gasteiger partial charge on any atom is -0.340 e. The van der Waals surface area contributed by atoms with E-state index in [9.17, 15) is 0 Å². The molecule has 1 unspecified atom stereocenters. The maximum absolute atomic E-state index is 8.55. The second-order valence-corrected chi connectivity index (χ2v) is 3.79. The highest BCUT2D eigenvalue weighted by Gasteiger charge is 2.13. The molecule has 14 heavy (non-hydrogen) atoms. The van der Waals surface area contributed by atoms with Crippen molar-refractivity contribution in [1.29, 1.82) is 5.26 Å². The Morgan fingerprint density at radius 2 is 2.29 bits per heavy atom. The summed E-state index contributed by atoms with van der Waals surface area (Å²) in [5.41, 5.74) is 1.25. The van der Waals surface area contributed by atoms with E-state index in [1.165, 1.54) is 5.56 Å². The molecule has 3 heteroatoms. The topological polar surface area (TPSA) is 40.8 Å². The fourth-order valence-electron chi connectivity index (χ4n) is 1.71. The first-order valence-electron chi connectivity index (χ1n) is 4.89. The molecule has 0 bridgehead atoms. The zero-order valence-corrected chi connectivity index (χ0v) is 8.99. The molecule has 3 nitrogen and oxygen atoms in total. The Hall–Kier alpha value is -1.27. The van der Waals surface area contributed by atoms with Gasteiger partial charge in [0.1, 0.15) is 6.54 Å². The molecule has 76 valence electrons. The second kappa shape index (κ2) is 4.83. The highest BCUT2D eigenvalue weighted by atomic mass is 14.9. The van der Waals surface area contributed by atoms with Crippen LogP contribution in [0.25, 0.3) is 0 Å². The van der Waals surface area contributed by atoms with Crippen LogP contribution in [0.3, 0.4) is 0 Å². The number of nitrogens with one attached hydrogen (secondary N) is 1. The summed E-state index contributed by atoms with van der Waals surface area (Å²) in [4.78, 5) is 0. The molecule has 0 aliphatic carbocycles. The van der Waals surface area contributed by atoms with Crippen LogP contribution in [0.4, 0.5) is 0 Å². The molecule has 1 heterocycles. The van der Waals surface area contributed by atoms with Crippen molar-refractivity contribution in [2.75, 3.05) is 7.05 Å². The molecule has 0 amide bonds. The zero-order chi connectivity index (χ0) is 10.6. The summed E-state index contributed by atoms with van der Waals surface area (Å²) in [5.74, 6) is 0.554. The molecule has 1 aromatic rings. The third kappa shape index (κ3) is 2.36. The molecule has 0 saturated heterocycles. The summed E-state index contributed by atoms with van der Waals surface area (Å²) >= 11 is 0. The molecule has 0 aromatic carbocycles. The van der Waals surface area contributed by atoms with Crippen molar-refractivity contribution in [3.63, 3.8) is 0 Å². The third-order valence-electron chi connectivity index (χ3n) is 2.36. The summed E-state index contributed by atoms with van der Waals surface area (Å²) in [6.45, 7) is 4.79. The van der Waals surface area contributed by atoms with Gasteiger partial charge in [-0.1, -0.05) is 13.8 Å². The van der Waals surface area contributed by atoms with Crippen molar-refractivity contribution >= 4 is 0 Å². The average Bonchev–Trinajstić information content (AvgIpc) is 2.54. The zero-order valence-electron chi connectivity index (χ0n) is 8.99. The summed E-state index contributed by atoms with van der Waals surface area (Å²) < 4.78 is 1.90. The average molecular weight is 191 g/mol. The molecule has 0 radical (unpaired) electrons. The van der Waals surface area contributed by atoms with E-state index in [0.717, 1.165) is 0 Å². The lowest BCUT2D eigenvalue weighted by Gasteiger charge is -2.18. The minimum atomic E-state index is 0.370. The van der Waals surface area contributed by atoms with Gasteiger partial charge < -0.3 is 9.88 Å². The Bertz CT molecular complexity index is 320. The molecular formula is C11H17N3. The van der Waals surface area contributed by atoms with Gasteiger partial charge in [0.2, 0.25) is 0 Å². The van der Waals surface area contributed by atoms with Crippen LogP contribution in [0, 0.1) is 17.2 Å². The number of aromatic nitrogens is 1. The molecular weight excluding hydrogens is 174 g/mol. The van der Waals surface area contributed by atoms with E-state index < -0.39 is 0 Å². The van der Waals surface area contributed by atoms with Crippen molar-refractivity contribution in [3.8, 4) is 6.07 Å². The monoisotopic (exact) mass is 191 g/mol. The lowest BCUT2D eigenvalue weighted by atomic mass is 9.99. The lowest BCUT2D eigenvalue weighted by molar-refractivity contribution is 0.443. The second-order valence-electron chi connectivity index (χ2n) is 3.79. The third-order valence-corrected chi connectivity index (χ3v) is 2.36. The van der Waals surface area contributed by atoms with Crippen molar-refractivity contribution < 1.29 is 0 Å². The summed E-state index contributed by atoms with van der Waals surface area (Å²) in [7, 11) is 1.96. The Labute approximate surface area is 85.3 Å². The van der Waals surface area contributed by atoms with Crippen molar-refractivity contribution in [3.05, 3.63) is 24.0 Å². The van der Waals surface area contributed by atoms with Crippen LogP contribution in [-0.4, -0.2) is 11.6 Å². The van der Waals surface area contributed by atoms with E-state index in [1.807, 2.05) is 24.0 Å². The fourth-order valence-corrected chi connectivity index (χ4v) is 1.71. The predicted molar refractivity (Wildman–Crippen MR) is 56.7 cm³/mol. The maximum atomic E-state index is 8.55. The van der Waals surface area contributed by atoms with Gasteiger partial charge in [-0.3, -0.25) is 0 Å². The molecule has 0 spiro atoms. The van der Waals surface area contributed by atoms with Crippen molar-refractivity contribution in [2.45, 2.75) is 26.4 Å². The van der Waals surface area contributed by atoms with Crippen LogP contribution in [0.15, 0.2) is 18.5 Å². The van der Waals surface area contributed by atoms with Crippen LogP contribution < -0.4 is 5.32 Å². The smallest absolute Gasteiger partial charge is 0.109 e. The largest absolute Gasteiger partial charge is 0.340 e. The van der Waals surface area contributed by atoms with E-state index >= 15 is 0 Å². The highest BCUT2D eigenvalue weighted by Crippen LogP contribution is 2.21. The molecule has 0 aliphatic heterocycles. The molecule has 1 rings (SSSR count). The number of rotatable bonds is 4. The molecule has 0 aliphatic rings. The van der Waals surface area contributed by atoms with Gasteiger partial charge in [0.15, 0.2) is 0 Å². The first kappa shape index (κ1) is 10.8. The molecule has 1 N–H and O–H groups in total. The Morgan fingerprint density at radius 3 is 2.79 bits per heavy atom. The quantitative estimate of drug-likeness (QED) is 0.790. The number of hydrogen-bond donors (Lipinski definition) is 1. The molecule has 0 fully saturated rings. The van der Waals surface area contributed by atoms with Crippen LogP contribution in [0.2, 0.25) is 0 Å². The number of hydrogen-bond acceptors (Lipinski definition) is 2. The van der Waals surface area contributed by atoms with Crippen LogP contribution in [0.1, 0.15) is 25.5 Å².